The van der Waals surface area contributed by atoms with Gasteiger partial charge in [-0.25, -0.2) is 0 Å². The lowest BCUT2D eigenvalue weighted by Crippen LogP contribution is -2.18. The zero-order chi connectivity index (χ0) is 32.2. The van der Waals surface area contributed by atoms with Crippen LogP contribution in [0.5, 0.6) is 0 Å². The Hall–Kier alpha value is -1.58. The summed E-state index contributed by atoms with van der Waals surface area (Å²) in [4.78, 5) is 23.3. The van der Waals surface area contributed by atoms with Gasteiger partial charge in [0.05, 0.1) is 0 Å². The molecule has 1 atom stereocenters. The van der Waals surface area contributed by atoms with Gasteiger partial charge in [0.15, 0.2) is 0 Å². The number of carbonyl (C=O) groups excluding carboxylic acids is 1. The summed E-state index contributed by atoms with van der Waals surface area (Å²) in [6, 6.07) is 0. The number of hydrogen-bond donors (Lipinski definition) is 1. The van der Waals surface area contributed by atoms with Gasteiger partial charge in [-0.05, 0) is 70.6 Å². The highest BCUT2D eigenvalue weighted by Gasteiger charge is 2.14. The zero-order valence-corrected chi connectivity index (χ0v) is 29.5. The van der Waals surface area contributed by atoms with Crippen LogP contribution in [-0.2, 0) is 14.3 Å². The minimum Gasteiger partial charge on any atom is -0.481 e. The van der Waals surface area contributed by atoms with Crippen molar-refractivity contribution in [3.05, 3.63) is 24.3 Å². The number of ether oxygens (including phenoxy) is 1. The van der Waals surface area contributed by atoms with Crippen molar-refractivity contribution in [2.24, 2.45) is 0 Å². The number of unbranched alkanes of at least 4 members (excludes halogenated alkanes) is 22. The van der Waals surface area contributed by atoms with Crippen molar-refractivity contribution in [1.82, 2.24) is 0 Å². The molecule has 0 rings (SSSR count). The molecule has 0 heterocycles. The Balaban J connectivity index is 4.03. The summed E-state index contributed by atoms with van der Waals surface area (Å²) in [7, 11) is 0. The zero-order valence-electron chi connectivity index (χ0n) is 29.5. The number of carboxylic acid groups (broad SMARTS) is 1. The molecule has 0 saturated heterocycles. The van der Waals surface area contributed by atoms with E-state index in [4.69, 9.17) is 9.84 Å². The number of esters is 1. The lowest BCUT2D eigenvalue weighted by molar-refractivity contribution is -0.150. The number of hydrogen-bond acceptors (Lipinski definition) is 3. The van der Waals surface area contributed by atoms with E-state index in [1.54, 1.807) is 0 Å². The molecule has 0 radical (unpaired) electrons. The normalized spacial score (nSPS) is 12.4. The van der Waals surface area contributed by atoms with Gasteiger partial charge in [0.1, 0.15) is 6.10 Å². The van der Waals surface area contributed by atoms with Crippen molar-refractivity contribution in [3.8, 4) is 0 Å². The van der Waals surface area contributed by atoms with E-state index >= 15 is 0 Å². The van der Waals surface area contributed by atoms with E-state index in [0.717, 1.165) is 77.0 Å². The predicted molar refractivity (Wildman–Crippen MR) is 190 cm³/mol. The summed E-state index contributed by atoms with van der Waals surface area (Å²) in [6.45, 7) is 4.53. The quantitative estimate of drug-likeness (QED) is 0.0436. The third-order valence-corrected chi connectivity index (χ3v) is 8.68. The van der Waals surface area contributed by atoms with Crippen molar-refractivity contribution in [3.63, 3.8) is 0 Å². The Labute approximate surface area is 274 Å². The Kier molecular flexibility index (Phi) is 34.6. The molecule has 1 N–H and O–H groups in total. The molecular weight excluding hydrogens is 544 g/mol. The largest absolute Gasteiger partial charge is 0.481 e. The molecular formula is C40H74O4. The molecule has 258 valence electrons. The van der Waals surface area contributed by atoms with Crippen LogP contribution in [0.4, 0.5) is 0 Å². The van der Waals surface area contributed by atoms with E-state index in [0.29, 0.717) is 6.42 Å². The van der Waals surface area contributed by atoms with Crippen molar-refractivity contribution in [1.29, 1.82) is 0 Å². The molecule has 0 amide bonds. The van der Waals surface area contributed by atoms with Gasteiger partial charge in [-0.15, -0.1) is 0 Å². The molecule has 0 aromatic heterocycles. The number of allylic oxidation sites excluding steroid dienone is 4. The SMILES string of the molecule is CCCCCC/C=C\C/C=C\CCCCCCCC(=O)OC(CCCCCCCCCCCC)CCCCCCCC(=O)O. The molecule has 1 unspecified atom stereocenters. The summed E-state index contributed by atoms with van der Waals surface area (Å²) in [5.41, 5.74) is 0. The van der Waals surface area contributed by atoms with Crippen LogP contribution in [0.2, 0.25) is 0 Å². The maximum Gasteiger partial charge on any atom is 0.306 e. The molecule has 0 aromatic rings. The highest BCUT2D eigenvalue weighted by molar-refractivity contribution is 5.69. The maximum atomic E-state index is 12.6. The minimum absolute atomic E-state index is 0.00936. The van der Waals surface area contributed by atoms with Crippen LogP contribution < -0.4 is 0 Å². The number of carboxylic acids is 1. The van der Waals surface area contributed by atoms with Gasteiger partial charge in [-0.2, -0.15) is 0 Å². The third kappa shape index (κ3) is 34.9. The second-order valence-corrected chi connectivity index (χ2v) is 13.1. The molecule has 44 heavy (non-hydrogen) atoms. The van der Waals surface area contributed by atoms with E-state index in [1.807, 2.05) is 0 Å². The smallest absolute Gasteiger partial charge is 0.306 e. The lowest BCUT2D eigenvalue weighted by atomic mass is 10.0. The number of aliphatic carboxylic acids is 1. The molecule has 0 aliphatic heterocycles. The van der Waals surface area contributed by atoms with Gasteiger partial charge in [0, 0.05) is 12.8 Å². The van der Waals surface area contributed by atoms with Crippen molar-refractivity contribution in [2.75, 3.05) is 0 Å². The Morgan fingerprint density at radius 2 is 0.886 bits per heavy atom. The fourth-order valence-corrected chi connectivity index (χ4v) is 5.80. The van der Waals surface area contributed by atoms with Crippen LogP contribution in [0.15, 0.2) is 24.3 Å². The van der Waals surface area contributed by atoms with E-state index in [-0.39, 0.29) is 18.5 Å². The van der Waals surface area contributed by atoms with Gasteiger partial charge in [0.25, 0.3) is 0 Å². The number of carbonyl (C=O) groups is 2. The van der Waals surface area contributed by atoms with Gasteiger partial charge < -0.3 is 9.84 Å². The molecule has 0 saturated carbocycles. The average molecular weight is 619 g/mol. The molecule has 0 aliphatic rings. The summed E-state index contributed by atoms with van der Waals surface area (Å²) in [5.74, 6) is -0.710. The molecule has 4 heteroatoms. The van der Waals surface area contributed by atoms with E-state index in [2.05, 4.69) is 38.2 Å². The van der Waals surface area contributed by atoms with Crippen LogP contribution in [0.3, 0.4) is 0 Å². The van der Waals surface area contributed by atoms with Crippen LogP contribution in [0.25, 0.3) is 0 Å². The van der Waals surface area contributed by atoms with Gasteiger partial charge in [-0.3, -0.25) is 9.59 Å². The monoisotopic (exact) mass is 619 g/mol. The second-order valence-electron chi connectivity index (χ2n) is 13.1. The Bertz CT molecular complexity index is 668. The summed E-state index contributed by atoms with van der Waals surface area (Å²) < 4.78 is 5.99. The average Bonchev–Trinajstić information content (AvgIpc) is 3.00. The van der Waals surface area contributed by atoms with E-state index < -0.39 is 5.97 Å². The first kappa shape index (κ1) is 42.4. The van der Waals surface area contributed by atoms with Gasteiger partial charge in [0.2, 0.25) is 0 Å². The summed E-state index contributed by atoms with van der Waals surface area (Å²) in [6.07, 6.45) is 44.7. The van der Waals surface area contributed by atoms with Crippen LogP contribution in [0, 0.1) is 0 Å². The predicted octanol–water partition coefficient (Wildman–Crippen LogP) is 13.2. The van der Waals surface area contributed by atoms with Gasteiger partial charge >= 0.3 is 11.9 Å². The topological polar surface area (TPSA) is 63.6 Å². The van der Waals surface area contributed by atoms with Crippen molar-refractivity contribution >= 4 is 11.9 Å². The van der Waals surface area contributed by atoms with Crippen molar-refractivity contribution in [2.45, 2.75) is 219 Å². The first-order chi connectivity index (χ1) is 21.6. The first-order valence-electron chi connectivity index (χ1n) is 19.3. The third-order valence-electron chi connectivity index (χ3n) is 8.68. The fraction of sp³-hybridized carbons (Fsp3) is 0.850. The van der Waals surface area contributed by atoms with Crippen molar-refractivity contribution < 1.29 is 19.4 Å². The van der Waals surface area contributed by atoms with E-state index in [9.17, 15) is 9.59 Å². The molecule has 0 aliphatic carbocycles. The second kappa shape index (κ2) is 35.9. The number of rotatable bonds is 35. The summed E-state index contributed by atoms with van der Waals surface area (Å²) in [5, 5.41) is 8.80. The highest BCUT2D eigenvalue weighted by Crippen LogP contribution is 2.19. The van der Waals surface area contributed by atoms with Crippen LogP contribution in [-0.4, -0.2) is 23.1 Å². The maximum absolute atomic E-state index is 12.6. The molecule has 0 bridgehead atoms. The molecule has 4 nitrogen and oxygen atoms in total. The molecule has 0 spiro atoms. The van der Waals surface area contributed by atoms with E-state index in [1.165, 1.54) is 109 Å². The fourth-order valence-electron chi connectivity index (χ4n) is 5.80. The Morgan fingerprint density at radius 3 is 1.36 bits per heavy atom. The van der Waals surface area contributed by atoms with Crippen LogP contribution >= 0.6 is 0 Å². The first-order valence-corrected chi connectivity index (χ1v) is 19.3. The Morgan fingerprint density at radius 1 is 0.500 bits per heavy atom. The minimum atomic E-state index is -0.701. The van der Waals surface area contributed by atoms with Crippen LogP contribution in [0.1, 0.15) is 213 Å². The highest BCUT2D eigenvalue weighted by atomic mass is 16.5. The standard InChI is InChI=1S/C40H74O4/c1-3-5-7-9-11-13-15-16-17-18-19-20-22-24-29-33-37-40(43)44-38(35-31-27-25-28-32-36-39(41)42)34-30-26-23-21-14-12-10-8-6-4-2/h13,15,17-18,38H,3-12,14,16,19-37H2,1-2H3,(H,41,42)/b15-13-,18-17-. The molecule has 0 aromatic carbocycles. The lowest BCUT2D eigenvalue weighted by Gasteiger charge is -2.18. The molecule has 0 fully saturated rings. The summed E-state index contributed by atoms with van der Waals surface area (Å²) >= 11 is 0. The van der Waals surface area contributed by atoms with Gasteiger partial charge in [-0.1, -0.05) is 154 Å².